The van der Waals surface area contributed by atoms with Crippen molar-refractivity contribution in [2.75, 3.05) is 6.61 Å². The summed E-state index contributed by atoms with van der Waals surface area (Å²) in [5.41, 5.74) is -3.73. The molecule has 0 aliphatic heterocycles. The molecule has 3 aromatic rings. The molecule has 192 valence electrons. The first-order chi connectivity index (χ1) is 17.0. The smallest absolute Gasteiger partial charge is 0.429 e. The third-order valence-electron chi connectivity index (χ3n) is 5.92. The summed E-state index contributed by atoms with van der Waals surface area (Å²) >= 11 is 0. The van der Waals surface area contributed by atoms with Crippen LogP contribution in [0.5, 0.6) is 11.5 Å². The van der Waals surface area contributed by atoms with Crippen molar-refractivity contribution in [1.29, 1.82) is 0 Å². The van der Waals surface area contributed by atoms with Crippen LogP contribution in [0.1, 0.15) is 54.9 Å². The second kappa shape index (κ2) is 9.63. The Kier molecular flexibility index (Phi) is 6.90. The van der Waals surface area contributed by atoms with Gasteiger partial charge in [0, 0.05) is 11.1 Å². The van der Waals surface area contributed by atoms with Crippen LogP contribution >= 0.6 is 0 Å². The molecule has 4 rings (SSSR count). The molecule has 1 aliphatic carbocycles. The van der Waals surface area contributed by atoms with Crippen molar-refractivity contribution in [2.24, 2.45) is 0 Å². The van der Waals surface area contributed by atoms with Crippen LogP contribution in [-0.2, 0) is 12.5 Å². The van der Waals surface area contributed by atoms with Gasteiger partial charge in [-0.2, -0.15) is 8.78 Å². The van der Waals surface area contributed by atoms with Gasteiger partial charge in [-0.1, -0.05) is 31.5 Å². The molecule has 0 radical (unpaired) electrons. The minimum absolute atomic E-state index is 0.0532. The Bertz CT molecular complexity index is 1310. The first-order valence-electron chi connectivity index (χ1n) is 11.1. The van der Waals surface area contributed by atoms with E-state index in [1.165, 1.54) is 6.07 Å². The lowest BCUT2D eigenvalue weighted by molar-refractivity contribution is -0.189. The SMILES string of the molecule is CCCc1ccc(C(F)(F)Oc2ccc3c(c2F)C(F)C(F)c2c-3ccc(OCC)c2F)c(F)c1F. The first-order valence-corrected chi connectivity index (χ1v) is 11.1. The average molecular weight is 516 g/mol. The summed E-state index contributed by atoms with van der Waals surface area (Å²) in [6.45, 7) is 3.30. The Morgan fingerprint density at radius 1 is 0.722 bits per heavy atom. The third kappa shape index (κ3) is 4.16. The van der Waals surface area contributed by atoms with Gasteiger partial charge in [0.15, 0.2) is 47.1 Å². The molecule has 0 spiro atoms. The Hall–Kier alpha value is -3.30. The van der Waals surface area contributed by atoms with E-state index < -0.39 is 64.2 Å². The van der Waals surface area contributed by atoms with Gasteiger partial charge in [-0.3, -0.25) is 0 Å². The zero-order valence-electron chi connectivity index (χ0n) is 19.1. The van der Waals surface area contributed by atoms with Crippen LogP contribution in [0.25, 0.3) is 11.1 Å². The monoisotopic (exact) mass is 516 g/mol. The molecule has 0 fully saturated rings. The molecule has 0 saturated heterocycles. The summed E-state index contributed by atoms with van der Waals surface area (Å²) in [4.78, 5) is 0. The van der Waals surface area contributed by atoms with Crippen molar-refractivity contribution < 1.29 is 44.6 Å². The van der Waals surface area contributed by atoms with Gasteiger partial charge in [-0.05, 0) is 48.2 Å². The van der Waals surface area contributed by atoms with Crippen LogP contribution in [0.2, 0.25) is 0 Å². The van der Waals surface area contributed by atoms with Gasteiger partial charge in [0.25, 0.3) is 0 Å². The van der Waals surface area contributed by atoms with Crippen LogP contribution in [-0.4, -0.2) is 6.61 Å². The van der Waals surface area contributed by atoms with E-state index in [0.29, 0.717) is 18.6 Å². The van der Waals surface area contributed by atoms with Crippen LogP contribution in [0, 0.1) is 23.3 Å². The van der Waals surface area contributed by atoms with Crippen molar-refractivity contribution in [1.82, 2.24) is 0 Å². The summed E-state index contributed by atoms with van der Waals surface area (Å²) in [5, 5.41) is 0. The summed E-state index contributed by atoms with van der Waals surface area (Å²) < 4.78 is 127. The minimum atomic E-state index is -4.56. The van der Waals surface area contributed by atoms with E-state index in [2.05, 4.69) is 4.74 Å². The standard InChI is InChI=1S/C26H20F8O2/c1-3-5-12-6-9-15(21(28)20(12)27)26(33,34)36-17-11-8-14-13-7-10-16(35-4-2)22(29)18(13)24(31)25(32)19(14)23(17)30/h6-11,24-25H,3-5H2,1-2H3. The quantitative estimate of drug-likeness (QED) is 0.294. The highest BCUT2D eigenvalue weighted by Crippen LogP contribution is 2.53. The number of hydrogen-bond donors (Lipinski definition) is 0. The van der Waals surface area contributed by atoms with Crippen molar-refractivity contribution in [3.63, 3.8) is 0 Å². The second-order valence-electron chi connectivity index (χ2n) is 8.18. The number of rotatable bonds is 7. The Morgan fingerprint density at radius 2 is 1.28 bits per heavy atom. The van der Waals surface area contributed by atoms with E-state index >= 15 is 8.78 Å². The Labute approximate surface area is 201 Å². The number of alkyl halides is 4. The molecular weight excluding hydrogens is 496 g/mol. The molecule has 0 aromatic heterocycles. The van der Waals surface area contributed by atoms with Gasteiger partial charge in [-0.25, -0.2) is 26.3 Å². The van der Waals surface area contributed by atoms with Gasteiger partial charge in [0.1, 0.15) is 5.56 Å². The van der Waals surface area contributed by atoms with Gasteiger partial charge in [0.05, 0.1) is 6.61 Å². The molecule has 2 unspecified atom stereocenters. The maximum atomic E-state index is 15.2. The Balaban J connectivity index is 1.76. The largest absolute Gasteiger partial charge is 0.491 e. The molecular formula is C26H20F8O2. The predicted octanol–water partition coefficient (Wildman–Crippen LogP) is 8.42. The van der Waals surface area contributed by atoms with Crippen molar-refractivity contribution >= 4 is 0 Å². The van der Waals surface area contributed by atoms with Crippen LogP contribution in [0.4, 0.5) is 35.1 Å². The lowest BCUT2D eigenvalue weighted by atomic mass is 9.82. The molecule has 0 bridgehead atoms. The fourth-order valence-corrected chi connectivity index (χ4v) is 4.26. The zero-order chi connectivity index (χ0) is 26.4. The third-order valence-corrected chi connectivity index (χ3v) is 5.92. The molecule has 2 atom stereocenters. The fraction of sp³-hybridized carbons (Fsp3) is 0.308. The van der Waals surface area contributed by atoms with Crippen molar-refractivity contribution in [2.45, 2.75) is 45.1 Å². The highest BCUT2D eigenvalue weighted by atomic mass is 19.3. The molecule has 0 heterocycles. The summed E-state index contributed by atoms with van der Waals surface area (Å²) in [5.74, 6) is -7.74. The number of ether oxygens (including phenoxy) is 2. The fourth-order valence-electron chi connectivity index (χ4n) is 4.26. The molecule has 0 N–H and O–H groups in total. The topological polar surface area (TPSA) is 18.5 Å². The van der Waals surface area contributed by atoms with E-state index in [0.717, 1.165) is 18.2 Å². The summed E-state index contributed by atoms with van der Waals surface area (Å²) in [6, 6.07) is 5.59. The average Bonchev–Trinajstić information content (AvgIpc) is 2.83. The van der Waals surface area contributed by atoms with Crippen LogP contribution in [0.3, 0.4) is 0 Å². The molecule has 0 saturated carbocycles. The Morgan fingerprint density at radius 3 is 1.83 bits per heavy atom. The summed E-state index contributed by atoms with van der Waals surface area (Å²) in [6.07, 6.45) is -9.46. The van der Waals surface area contributed by atoms with Crippen molar-refractivity contribution in [3.05, 3.63) is 81.9 Å². The summed E-state index contributed by atoms with van der Waals surface area (Å²) in [7, 11) is 0. The number of aryl methyl sites for hydroxylation is 1. The van der Waals surface area contributed by atoms with E-state index in [1.54, 1.807) is 13.8 Å². The van der Waals surface area contributed by atoms with Crippen LogP contribution < -0.4 is 9.47 Å². The minimum Gasteiger partial charge on any atom is -0.491 e. The van der Waals surface area contributed by atoms with Crippen molar-refractivity contribution in [3.8, 4) is 22.6 Å². The molecule has 0 amide bonds. The highest BCUT2D eigenvalue weighted by molar-refractivity contribution is 5.76. The lowest BCUT2D eigenvalue weighted by Gasteiger charge is -2.29. The molecule has 36 heavy (non-hydrogen) atoms. The van der Waals surface area contributed by atoms with E-state index in [9.17, 15) is 26.3 Å². The van der Waals surface area contributed by atoms with Gasteiger partial charge in [-0.15, -0.1) is 0 Å². The number of halogens is 8. The second-order valence-corrected chi connectivity index (χ2v) is 8.18. The van der Waals surface area contributed by atoms with Gasteiger partial charge in [0.2, 0.25) is 0 Å². The maximum absolute atomic E-state index is 15.2. The lowest BCUT2D eigenvalue weighted by Crippen LogP contribution is -2.25. The molecule has 1 aliphatic rings. The van der Waals surface area contributed by atoms with Crippen LogP contribution in [0.15, 0.2) is 36.4 Å². The number of benzene rings is 3. The number of hydrogen-bond acceptors (Lipinski definition) is 2. The predicted molar refractivity (Wildman–Crippen MR) is 116 cm³/mol. The zero-order valence-corrected chi connectivity index (χ0v) is 19.1. The normalized spacial score (nSPS) is 16.9. The van der Waals surface area contributed by atoms with E-state index in [-0.39, 0.29) is 35.5 Å². The van der Waals surface area contributed by atoms with E-state index in [1.807, 2.05) is 0 Å². The highest BCUT2D eigenvalue weighted by Gasteiger charge is 2.43. The first kappa shape index (κ1) is 25.8. The van der Waals surface area contributed by atoms with Gasteiger partial charge >= 0.3 is 6.11 Å². The number of fused-ring (bicyclic) bond motifs is 3. The van der Waals surface area contributed by atoms with Gasteiger partial charge < -0.3 is 9.47 Å². The molecule has 10 heteroatoms. The van der Waals surface area contributed by atoms with E-state index in [4.69, 9.17) is 4.74 Å². The molecule has 2 nitrogen and oxygen atoms in total. The molecule has 3 aromatic carbocycles. The maximum Gasteiger partial charge on any atom is 0.429 e.